The first-order valence-electron chi connectivity index (χ1n) is 10.3. The quantitative estimate of drug-likeness (QED) is 0.553. The molecule has 4 heterocycles. The van der Waals surface area contributed by atoms with Gasteiger partial charge in [0.15, 0.2) is 23.1 Å². The highest BCUT2D eigenvalue weighted by molar-refractivity contribution is 5.47. The van der Waals surface area contributed by atoms with Gasteiger partial charge in [0, 0.05) is 12.6 Å². The van der Waals surface area contributed by atoms with Gasteiger partial charge < -0.3 is 19.1 Å². The van der Waals surface area contributed by atoms with Crippen LogP contribution in [0.15, 0.2) is 35.4 Å². The molecule has 0 spiro atoms. The minimum absolute atomic E-state index is 0.0817. The maximum absolute atomic E-state index is 14.5. The normalized spacial score (nSPS) is 16.8. The van der Waals surface area contributed by atoms with Crippen LogP contribution in [0.4, 0.5) is 14.6 Å². The fourth-order valence-corrected chi connectivity index (χ4v) is 3.87. The Morgan fingerprint density at radius 3 is 2.84 bits per heavy atom. The zero-order chi connectivity index (χ0) is 22.2. The van der Waals surface area contributed by atoms with Crippen LogP contribution in [0.5, 0.6) is 17.4 Å². The molecule has 0 bridgehead atoms. The molecule has 1 aromatic carbocycles. The molecule has 168 valence electrons. The van der Waals surface area contributed by atoms with Crippen LogP contribution in [-0.4, -0.2) is 38.7 Å². The van der Waals surface area contributed by atoms with Gasteiger partial charge in [0.25, 0.3) is 0 Å². The van der Waals surface area contributed by atoms with E-state index in [0.717, 1.165) is 18.6 Å². The Labute approximate surface area is 181 Å². The van der Waals surface area contributed by atoms with Crippen LogP contribution in [0.3, 0.4) is 0 Å². The van der Waals surface area contributed by atoms with E-state index in [4.69, 9.17) is 14.2 Å². The van der Waals surface area contributed by atoms with Crippen LogP contribution in [0.2, 0.25) is 0 Å². The molecule has 2 aromatic heterocycles. The summed E-state index contributed by atoms with van der Waals surface area (Å²) in [6.07, 6.45) is 3.85. The van der Waals surface area contributed by atoms with Gasteiger partial charge in [-0.05, 0) is 24.1 Å². The molecule has 2 aliphatic rings. The molecule has 0 radical (unpaired) electrons. The average Bonchev–Trinajstić information content (AvgIpc) is 3.47. The van der Waals surface area contributed by atoms with Gasteiger partial charge in [-0.3, -0.25) is 9.25 Å². The highest BCUT2D eigenvalue weighted by Gasteiger charge is 2.35. The smallest absolute Gasteiger partial charge is 0.352 e. The maximum Gasteiger partial charge on any atom is 0.352 e. The molecule has 9 nitrogen and oxygen atoms in total. The molecule has 1 unspecified atom stereocenters. The van der Waals surface area contributed by atoms with Gasteiger partial charge in [-0.25, -0.2) is 13.6 Å². The van der Waals surface area contributed by atoms with E-state index in [9.17, 15) is 13.6 Å². The highest BCUT2D eigenvalue weighted by atomic mass is 19.1. The zero-order valence-corrected chi connectivity index (χ0v) is 17.3. The lowest BCUT2D eigenvalue weighted by molar-refractivity contribution is 0.189. The molecule has 0 aliphatic carbocycles. The van der Waals surface area contributed by atoms with E-state index in [1.165, 1.54) is 6.20 Å². The SMILES string of the molecule is CCCn1cc(Oc2c(F)cc(COc3cc4n(c(=O)n3)CC3COCN43)cc2F)cn1. The van der Waals surface area contributed by atoms with Crippen molar-refractivity contribution >= 4 is 5.82 Å². The lowest BCUT2D eigenvalue weighted by Gasteiger charge is -2.15. The summed E-state index contributed by atoms with van der Waals surface area (Å²) in [5.41, 5.74) is -0.199. The fourth-order valence-electron chi connectivity index (χ4n) is 3.87. The molecule has 2 aliphatic heterocycles. The Kier molecular flexibility index (Phi) is 5.25. The lowest BCUT2D eigenvalue weighted by atomic mass is 10.2. The van der Waals surface area contributed by atoms with E-state index < -0.39 is 23.1 Å². The number of nitrogens with zero attached hydrogens (tertiary/aromatic N) is 5. The lowest BCUT2D eigenvalue weighted by Crippen LogP contribution is -2.26. The second-order valence-electron chi connectivity index (χ2n) is 7.69. The Balaban J connectivity index is 1.30. The number of anilines is 1. The van der Waals surface area contributed by atoms with Crippen LogP contribution in [0.1, 0.15) is 18.9 Å². The third-order valence-electron chi connectivity index (χ3n) is 5.36. The monoisotopic (exact) mass is 445 g/mol. The van der Waals surface area contributed by atoms with Crippen molar-refractivity contribution in [2.45, 2.75) is 39.1 Å². The van der Waals surface area contributed by atoms with Gasteiger partial charge in [-0.15, -0.1) is 0 Å². The minimum atomic E-state index is -0.870. The number of ether oxygens (including phenoxy) is 3. The van der Waals surface area contributed by atoms with Crippen molar-refractivity contribution in [3.63, 3.8) is 0 Å². The van der Waals surface area contributed by atoms with Crippen LogP contribution in [-0.2, 0) is 24.4 Å². The summed E-state index contributed by atoms with van der Waals surface area (Å²) in [5, 5.41) is 4.08. The number of fused-ring (bicyclic) bond motifs is 3. The average molecular weight is 445 g/mol. The Morgan fingerprint density at radius 1 is 1.25 bits per heavy atom. The van der Waals surface area contributed by atoms with E-state index >= 15 is 0 Å². The number of hydrogen-bond donors (Lipinski definition) is 0. The second-order valence-corrected chi connectivity index (χ2v) is 7.69. The molecule has 0 saturated carbocycles. The number of aromatic nitrogens is 4. The van der Waals surface area contributed by atoms with Crippen molar-refractivity contribution in [1.29, 1.82) is 0 Å². The van der Waals surface area contributed by atoms with Crippen molar-refractivity contribution < 1.29 is 23.0 Å². The molecule has 1 fully saturated rings. The molecule has 3 aromatic rings. The topological polar surface area (TPSA) is 83.6 Å². The first-order valence-corrected chi connectivity index (χ1v) is 10.3. The van der Waals surface area contributed by atoms with Gasteiger partial charge in [-0.2, -0.15) is 10.1 Å². The van der Waals surface area contributed by atoms with Gasteiger partial charge in [0.05, 0.1) is 31.6 Å². The fraction of sp³-hybridized carbons (Fsp3) is 0.381. The van der Waals surface area contributed by atoms with Gasteiger partial charge in [0.2, 0.25) is 5.88 Å². The molecule has 32 heavy (non-hydrogen) atoms. The number of hydrogen-bond acceptors (Lipinski definition) is 7. The summed E-state index contributed by atoms with van der Waals surface area (Å²) < 4.78 is 48.6. The van der Waals surface area contributed by atoms with E-state index in [-0.39, 0.29) is 29.8 Å². The standard InChI is InChI=1S/C21H21F2N5O4/c1-2-3-26-9-15(7-24-26)32-20-16(22)4-13(5-17(20)23)10-31-18-6-19-27(21(29)25-18)8-14-11-30-12-28(14)19/h4-7,9,14H,2-3,8,10-12H2,1H3. The van der Waals surface area contributed by atoms with Crippen molar-refractivity contribution in [1.82, 2.24) is 19.3 Å². The summed E-state index contributed by atoms with van der Waals surface area (Å²) in [4.78, 5) is 18.2. The Hall–Kier alpha value is -3.47. The number of benzene rings is 1. The predicted octanol–water partition coefficient (Wildman–Crippen LogP) is 2.68. The second kappa shape index (κ2) is 8.23. The molecule has 11 heteroatoms. The Bertz CT molecular complexity index is 1190. The summed E-state index contributed by atoms with van der Waals surface area (Å²) in [6.45, 7) is 3.95. The van der Waals surface area contributed by atoms with Crippen molar-refractivity contribution in [3.05, 3.63) is 58.3 Å². The third kappa shape index (κ3) is 3.79. The Morgan fingerprint density at radius 2 is 2.06 bits per heavy atom. The van der Waals surface area contributed by atoms with E-state index in [0.29, 0.717) is 32.2 Å². The maximum atomic E-state index is 14.5. The summed E-state index contributed by atoms with van der Waals surface area (Å²) in [7, 11) is 0. The molecular formula is C21H21F2N5O4. The first-order chi connectivity index (χ1) is 15.5. The van der Waals surface area contributed by atoms with Crippen molar-refractivity contribution in [3.8, 4) is 17.4 Å². The molecule has 1 saturated heterocycles. The minimum Gasteiger partial charge on any atom is -0.473 e. The first kappa shape index (κ1) is 20.4. The van der Waals surface area contributed by atoms with Crippen molar-refractivity contribution in [2.24, 2.45) is 0 Å². The molecule has 5 rings (SSSR count). The summed E-state index contributed by atoms with van der Waals surface area (Å²) in [5.74, 6) is -1.27. The van der Waals surface area contributed by atoms with Crippen LogP contribution >= 0.6 is 0 Å². The van der Waals surface area contributed by atoms with E-state index in [1.54, 1.807) is 21.5 Å². The molecule has 1 atom stereocenters. The number of halogens is 2. The van der Waals surface area contributed by atoms with Gasteiger partial charge >= 0.3 is 5.69 Å². The van der Waals surface area contributed by atoms with E-state index in [2.05, 4.69) is 10.1 Å². The molecular weight excluding hydrogens is 424 g/mol. The van der Waals surface area contributed by atoms with Crippen LogP contribution in [0, 0.1) is 11.6 Å². The molecule has 0 N–H and O–H groups in total. The molecule has 0 amide bonds. The van der Waals surface area contributed by atoms with E-state index in [1.807, 2.05) is 11.8 Å². The van der Waals surface area contributed by atoms with Crippen molar-refractivity contribution in [2.75, 3.05) is 18.2 Å². The third-order valence-corrected chi connectivity index (χ3v) is 5.36. The zero-order valence-electron chi connectivity index (χ0n) is 17.3. The van der Waals surface area contributed by atoms with Crippen LogP contribution in [0.25, 0.3) is 0 Å². The van der Waals surface area contributed by atoms with Crippen LogP contribution < -0.4 is 20.1 Å². The van der Waals surface area contributed by atoms with Gasteiger partial charge in [0.1, 0.15) is 19.2 Å². The highest BCUT2D eigenvalue weighted by Crippen LogP contribution is 2.31. The van der Waals surface area contributed by atoms with Gasteiger partial charge in [-0.1, -0.05) is 6.92 Å². The number of rotatable bonds is 7. The number of aryl methyl sites for hydroxylation is 1. The predicted molar refractivity (Wildman–Crippen MR) is 109 cm³/mol. The summed E-state index contributed by atoms with van der Waals surface area (Å²) >= 11 is 0. The summed E-state index contributed by atoms with van der Waals surface area (Å²) in [6, 6.07) is 3.98. The largest absolute Gasteiger partial charge is 0.473 e.